The molecule has 0 aliphatic heterocycles. The van der Waals surface area contributed by atoms with Crippen molar-refractivity contribution >= 4 is 0 Å². The largest absolute Gasteiger partial charge is 0.363 e. The second-order valence-electron chi connectivity index (χ2n) is 3.82. The van der Waals surface area contributed by atoms with E-state index in [0.29, 0.717) is 6.54 Å². The van der Waals surface area contributed by atoms with Crippen LogP contribution in [0.2, 0.25) is 0 Å². The van der Waals surface area contributed by atoms with Crippen molar-refractivity contribution < 1.29 is 14.4 Å². The highest BCUT2D eigenvalue weighted by Gasteiger charge is 2.08. The Bertz CT molecular complexity index is 434. The van der Waals surface area contributed by atoms with Gasteiger partial charge in [0.2, 0.25) is 0 Å². The van der Waals surface area contributed by atoms with E-state index in [4.69, 9.17) is 9.47 Å². The molecule has 1 aromatic heterocycles. The molecular formula is C12H18N4O4. The maximum Gasteiger partial charge on any atom is 0.274 e. The fourth-order valence-corrected chi connectivity index (χ4v) is 1.42. The van der Waals surface area contributed by atoms with Gasteiger partial charge in [0.25, 0.3) is 6.20 Å². The van der Waals surface area contributed by atoms with Crippen molar-refractivity contribution in [3.8, 4) is 0 Å². The predicted octanol–water partition coefficient (Wildman–Crippen LogP) is 0.455. The Balaban J connectivity index is 2.54. The van der Waals surface area contributed by atoms with E-state index in [1.54, 1.807) is 18.5 Å². The van der Waals surface area contributed by atoms with Crippen LogP contribution in [-0.2, 0) is 16.0 Å². The number of methoxy groups -OCH3 is 2. The molecule has 0 aromatic carbocycles. The van der Waals surface area contributed by atoms with Crippen LogP contribution in [0.1, 0.15) is 5.56 Å². The summed E-state index contributed by atoms with van der Waals surface area (Å²) < 4.78 is 10.00. The first-order valence-corrected chi connectivity index (χ1v) is 5.93. The lowest BCUT2D eigenvalue weighted by atomic mass is 10.3. The van der Waals surface area contributed by atoms with Gasteiger partial charge < -0.3 is 20.1 Å². The van der Waals surface area contributed by atoms with Crippen LogP contribution in [0.3, 0.4) is 0 Å². The first kappa shape index (κ1) is 15.9. The molecule has 0 aliphatic carbocycles. The van der Waals surface area contributed by atoms with E-state index in [1.165, 1.54) is 14.2 Å². The average molecular weight is 282 g/mol. The second kappa shape index (κ2) is 8.83. The molecule has 0 bridgehead atoms. The summed E-state index contributed by atoms with van der Waals surface area (Å²) in [6.07, 6.45) is 3.73. The van der Waals surface area contributed by atoms with Crippen LogP contribution in [-0.4, -0.2) is 37.0 Å². The Morgan fingerprint density at radius 1 is 1.50 bits per heavy atom. The van der Waals surface area contributed by atoms with Gasteiger partial charge in [-0.25, -0.2) is 0 Å². The highest BCUT2D eigenvalue weighted by atomic mass is 16.7. The number of nitrogens with zero attached hydrogens (tertiary/aromatic N) is 2. The van der Waals surface area contributed by atoms with Crippen LogP contribution in [0.25, 0.3) is 0 Å². The molecule has 1 rings (SSSR count). The van der Waals surface area contributed by atoms with Crippen LogP contribution in [0.15, 0.2) is 36.5 Å². The zero-order valence-corrected chi connectivity index (χ0v) is 11.4. The summed E-state index contributed by atoms with van der Waals surface area (Å²) in [7, 11) is 2.99. The highest BCUT2D eigenvalue weighted by Crippen LogP contribution is 1.97. The summed E-state index contributed by atoms with van der Waals surface area (Å²) in [5.41, 5.74) is 0.915. The summed E-state index contributed by atoms with van der Waals surface area (Å²) in [5.74, 6) is 0.276. The molecule has 0 saturated heterocycles. The van der Waals surface area contributed by atoms with Crippen LogP contribution in [0.5, 0.6) is 0 Å². The molecule has 20 heavy (non-hydrogen) atoms. The van der Waals surface area contributed by atoms with Gasteiger partial charge in [0, 0.05) is 33.2 Å². The van der Waals surface area contributed by atoms with Gasteiger partial charge in [-0.3, -0.25) is 15.1 Å². The minimum atomic E-state index is -0.535. The minimum absolute atomic E-state index is 0.276. The Morgan fingerprint density at radius 3 is 2.80 bits per heavy atom. The van der Waals surface area contributed by atoms with Crippen LogP contribution in [0, 0.1) is 10.1 Å². The molecule has 0 atom stereocenters. The van der Waals surface area contributed by atoms with Gasteiger partial charge in [-0.15, -0.1) is 0 Å². The summed E-state index contributed by atoms with van der Waals surface area (Å²) in [5, 5.41) is 16.4. The number of nitrogens with one attached hydrogen (secondary N) is 2. The number of nitro groups is 1. The van der Waals surface area contributed by atoms with E-state index < -0.39 is 11.2 Å². The summed E-state index contributed by atoms with van der Waals surface area (Å²) in [6, 6.07) is 3.67. The van der Waals surface area contributed by atoms with Crippen molar-refractivity contribution in [1.82, 2.24) is 15.6 Å². The van der Waals surface area contributed by atoms with Crippen molar-refractivity contribution in [1.29, 1.82) is 0 Å². The fraction of sp³-hybridized carbons (Fsp3) is 0.417. The smallest absolute Gasteiger partial charge is 0.274 e. The zero-order valence-electron chi connectivity index (χ0n) is 11.4. The Labute approximate surface area is 116 Å². The molecule has 1 aromatic rings. The molecule has 8 nitrogen and oxygen atoms in total. The zero-order chi connectivity index (χ0) is 14.8. The van der Waals surface area contributed by atoms with Crippen molar-refractivity contribution in [2.24, 2.45) is 0 Å². The maximum atomic E-state index is 10.6. The molecule has 0 spiro atoms. The first-order valence-electron chi connectivity index (χ1n) is 5.93. The van der Waals surface area contributed by atoms with Crippen molar-refractivity contribution in [3.63, 3.8) is 0 Å². The van der Waals surface area contributed by atoms with Crippen molar-refractivity contribution in [2.75, 3.05) is 20.8 Å². The summed E-state index contributed by atoms with van der Waals surface area (Å²) in [6.45, 7) is 0.706. The maximum absolute atomic E-state index is 10.6. The SMILES string of the molecule is COC(CNC(=C[N+](=O)[O-])NCc1cccnc1)OC. The Kier molecular flexibility index (Phi) is 7.01. The standard InChI is InChI=1S/C12H18N4O4/c1-19-12(20-2)8-15-11(9-16(17)18)14-7-10-4-3-5-13-6-10/h3-6,9,12,14-15H,7-8H2,1-2H3. The van der Waals surface area contributed by atoms with Gasteiger partial charge in [-0.2, -0.15) is 0 Å². The van der Waals surface area contributed by atoms with Crippen molar-refractivity contribution in [2.45, 2.75) is 12.8 Å². The molecule has 110 valence electrons. The Hall–Kier alpha value is -2.19. The van der Waals surface area contributed by atoms with E-state index >= 15 is 0 Å². The van der Waals surface area contributed by atoms with Crippen molar-refractivity contribution in [3.05, 3.63) is 52.2 Å². The van der Waals surface area contributed by atoms with E-state index in [0.717, 1.165) is 11.8 Å². The monoisotopic (exact) mass is 282 g/mol. The van der Waals surface area contributed by atoms with E-state index in [-0.39, 0.29) is 12.4 Å². The number of hydrogen-bond acceptors (Lipinski definition) is 7. The molecular weight excluding hydrogens is 264 g/mol. The van der Waals surface area contributed by atoms with Gasteiger partial charge in [0.1, 0.15) is 0 Å². The van der Waals surface area contributed by atoms with Gasteiger partial charge in [-0.1, -0.05) is 6.07 Å². The second-order valence-corrected chi connectivity index (χ2v) is 3.82. The molecule has 0 saturated carbocycles. The first-order chi connectivity index (χ1) is 9.65. The van der Waals surface area contributed by atoms with Crippen LogP contribution >= 0.6 is 0 Å². The third-order valence-corrected chi connectivity index (χ3v) is 2.43. The minimum Gasteiger partial charge on any atom is -0.363 e. The summed E-state index contributed by atoms with van der Waals surface area (Å²) in [4.78, 5) is 14.0. The van der Waals surface area contributed by atoms with Gasteiger partial charge >= 0.3 is 0 Å². The summed E-state index contributed by atoms with van der Waals surface area (Å²) >= 11 is 0. The third-order valence-electron chi connectivity index (χ3n) is 2.43. The van der Waals surface area contributed by atoms with Gasteiger partial charge in [0.15, 0.2) is 12.1 Å². The molecule has 1 heterocycles. The lowest BCUT2D eigenvalue weighted by Gasteiger charge is -2.16. The average Bonchev–Trinajstić information content (AvgIpc) is 2.46. The van der Waals surface area contributed by atoms with Gasteiger partial charge in [-0.05, 0) is 11.6 Å². The number of ether oxygens (including phenoxy) is 2. The number of pyridine rings is 1. The normalized spacial score (nSPS) is 11.4. The molecule has 0 radical (unpaired) electrons. The lowest BCUT2D eigenvalue weighted by Crippen LogP contribution is -2.34. The third kappa shape index (κ3) is 6.12. The number of rotatable bonds is 9. The lowest BCUT2D eigenvalue weighted by molar-refractivity contribution is -0.404. The molecule has 0 fully saturated rings. The highest BCUT2D eigenvalue weighted by molar-refractivity contribution is 5.09. The quantitative estimate of drug-likeness (QED) is 0.385. The molecule has 8 heteroatoms. The Morgan fingerprint density at radius 2 is 2.25 bits per heavy atom. The molecule has 0 unspecified atom stereocenters. The molecule has 0 amide bonds. The number of aromatic nitrogens is 1. The van der Waals surface area contributed by atoms with E-state index in [1.807, 2.05) is 6.07 Å². The molecule has 0 aliphatic rings. The van der Waals surface area contributed by atoms with Crippen LogP contribution < -0.4 is 10.6 Å². The topological polar surface area (TPSA) is 98.5 Å². The fourth-order valence-electron chi connectivity index (χ4n) is 1.42. The predicted molar refractivity (Wildman–Crippen MR) is 72.0 cm³/mol. The van der Waals surface area contributed by atoms with E-state index in [2.05, 4.69) is 15.6 Å². The van der Waals surface area contributed by atoms with Crippen LogP contribution in [0.4, 0.5) is 0 Å². The molecule has 2 N–H and O–H groups in total. The van der Waals surface area contributed by atoms with E-state index in [9.17, 15) is 10.1 Å². The number of hydrogen-bond donors (Lipinski definition) is 2. The van der Waals surface area contributed by atoms with Gasteiger partial charge in [0.05, 0.1) is 11.5 Å².